The average Bonchev–Trinajstić information content (AvgIpc) is 2.66. The van der Waals surface area contributed by atoms with Gasteiger partial charge in [-0.3, -0.25) is 9.59 Å². The molecule has 0 atom stereocenters. The Labute approximate surface area is 154 Å². The molecule has 0 saturated heterocycles. The van der Waals surface area contributed by atoms with E-state index in [-0.39, 0.29) is 18.5 Å². The topological polar surface area (TPSA) is 97.5 Å². The van der Waals surface area contributed by atoms with Crippen molar-refractivity contribution in [1.29, 1.82) is 0 Å². The Balaban J connectivity index is 2.01. The number of aliphatic carboxylic acids is 1. The van der Waals surface area contributed by atoms with Gasteiger partial charge in [0.05, 0.1) is 11.9 Å². The third-order valence-electron chi connectivity index (χ3n) is 4.34. The number of benzene rings is 2. The molecule has 2 aromatic carbocycles. The molecule has 4 rings (SSSR count). The van der Waals surface area contributed by atoms with Crippen LogP contribution in [0.4, 0.5) is 0 Å². The predicted molar refractivity (Wildman–Crippen MR) is 101 cm³/mol. The van der Waals surface area contributed by atoms with E-state index in [4.69, 9.17) is 5.11 Å². The fourth-order valence-corrected chi connectivity index (χ4v) is 2.96. The maximum Gasteiger partial charge on any atom is 0.303 e. The van der Waals surface area contributed by atoms with Gasteiger partial charge in [-0.15, -0.1) is 0 Å². The van der Waals surface area contributed by atoms with Crippen LogP contribution in [0.1, 0.15) is 17.8 Å². The number of para-hydroxylation sites is 1. The molecule has 0 radical (unpaired) electrons. The Bertz CT molecular complexity index is 1230. The SMILES string of the molecule is Cc1ccc(-c2nn3c(CCC(=O)O)nc4ccccc4c3nc2=O)cc1. The number of nitrogens with zero attached hydrogens (tertiary/aromatic N) is 4. The summed E-state index contributed by atoms with van der Waals surface area (Å²) in [5.41, 5.74) is 2.53. The van der Waals surface area contributed by atoms with Crippen LogP contribution >= 0.6 is 0 Å². The van der Waals surface area contributed by atoms with Gasteiger partial charge in [0.25, 0.3) is 5.56 Å². The van der Waals surface area contributed by atoms with Crippen LogP contribution in [0, 0.1) is 6.92 Å². The number of fused-ring (bicyclic) bond motifs is 3. The van der Waals surface area contributed by atoms with Crippen molar-refractivity contribution in [2.45, 2.75) is 19.8 Å². The number of hydrogen-bond donors (Lipinski definition) is 1. The molecule has 0 spiro atoms. The summed E-state index contributed by atoms with van der Waals surface area (Å²) in [6.45, 7) is 1.96. The lowest BCUT2D eigenvalue weighted by Crippen LogP contribution is -2.19. The van der Waals surface area contributed by atoms with Crippen LogP contribution in [0.25, 0.3) is 27.8 Å². The van der Waals surface area contributed by atoms with Crippen LogP contribution in [-0.2, 0) is 11.2 Å². The minimum Gasteiger partial charge on any atom is -0.481 e. The monoisotopic (exact) mass is 360 g/mol. The zero-order valence-corrected chi connectivity index (χ0v) is 14.6. The normalized spacial score (nSPS) is 11.1. The van der Waals surface area contributed by atoms with Gasteiger partial charge in [0.15, 0.2) is 11.3 Å². The van der Waals surface area contributed by atoms with E-state index in [9.17, 15) is 9.59 Å². The first-order chi connectivity index (χ1) is 13.0. The van der Waals surface area contributed by atoms with Crippen molar-refractivity contribution in [2.24, 2.45) is 0 Å². The average molecular weight is 360 g/mol. The molecular formula is C20H16N4O3. The predicted octanol–water partition coefficient (Wildman–Crippen LogP) is 2.63. The van der Waals surface area contributed by atoms with E-state index in [0.29, 0.717) is 27.9 Å². The van der Waals surface area contributed by atoms with Crippen LogP contribution in [0.15, 0.2) is 53.3 Å². The van der Waals surface area contributed by atoms with Gasteiger partial charge in [-0.05, 0) is 19.1 Å². The van der Waals surface area contributed by atoms with Crippen molar-refractivity contribution in [3.63, 3.8) is 0 Å². The number of carbonyl (C=O) groups is 1. The second-order valence-electron chi connectivity index (χ2n) is 6.31. The molecule has 4 aromatic rings. The third kappa shape index (κ3) is 3.15. The van der Waals surface area contributed by atoms with Crippen molar-refractivity contribution in [1.82, 2.24) is 19.6 Å². The second kappa shape index (κ2) is 6.60. The van der Waals surface area contributed by atoms with Crippen molar-refractivity contribution < 1.29 is 9.90 Å². The lowest BCUT2D eigenvalue weighted by molar-refractivity contribution is -0.137. The van der Waals surface area contributed by atoms with E-state index < -0.39 is 11.5 Å². The van der Waals surface area contributed by atoms with E-state index in [1.807, 2.05) is 49.4 Å². The number of hydrogen-bond acceptors (Lipinski definition) is 5. The van der Waals surface area contributed by atoms with Crippen LogP contribution < -0.4 is 5.56 Å². The molecule has 27 heavy (non-hydrogen) atoms. The summed E-state index contributed by atoms with van der Waals surface area (Å²) in [5, 5.41) is 14.2. The molecule has 2 aromatic heterocycles. The van der Waals surface area contributed by atoms with E-state index in [1.165, 1.54) is 4.52 Å². The van der Waals surface area contributed by atoms with E-state index in [2.05, 4.69) is 15.1 Å². The summed E-state index contributed by atoms with van der Waals surface area (Å²) >= 11 is 0. The molecule has 2 heterocycles. The van der Waals surface area contributed by atoms with Gasteiger partial charge < -0.3 is 5.11 Å². The van der Waals surface area contributed by atoms with Crippen molar-refractivity contribution >= 4 is 22.5 Å². The molecule has 1 N–H and O–H groups in total. The smallest absolute Gasteiger partial charge is 0.303 e. The van der Waals surface area contributed by atoms with Gasteiger partial charge in [-0.2, -0.15) is 14.6 Å². The quantitative estimate of drug-likeness (QED) is 0.562. The first-order valence-electron chi connectivity index (χ1n) is 8.50. The van der Waals surface area contributed by atoms with Crippen LogP contribution in [0.5, 0.6) is 0 Å². The molecule has 7 nitrogen and oxygen atoms in total. The molecule has 0 fully saturated rings. The summed E-state index contributed by atoms with van der Waals surface area (Å²) in [4.78, 5) is 32.5. The van der Waals surface area contributed by atoms with Crippen LogP contribution in [0.3, 0.4) is 0 Å². The van der Waals surface area contributed by atoms with Gasteiger partial charge in [0.2, 0.25) is 0 Å². The Morgan fingerprint density at radius 1 is 1.07 bits per heavy atom. The van der Waals surface area contributed by atoms with Gasteiger partial charge in [-0.1, -0.05) is 42.0 Å². The third-order valence-corrected chi connectivity index (χ3v) is 4.34. The Kier molecular flexibility index (Phi) is 4.12. The lowest BCUT2D eigenvalue weighted by Gasteiger charge is -2.10. The number of carboxylic acid groups (broad SMARTS) is 1. The number of aryl methyl sites for hydroxylation is 2. The number of carboxylic acids is 1. The Hall–Kier alpha value is -3.61. The molecule has 0 unspecified atom stereocenters. The maximum atomic E-state index is 12.6. The van der Waals surface area contributed by atoms with Gasteiger partial charge in [0.1, 0.15) is 5.82 Å². The van der Waals surface area contributed by atoms with Gasteiger partial charge >= 0.3 is 5.97 Å². The lowest BCUT2D eigenvalue weighted by atomic mass is 10.1. The molecule has 134 valence electrons. The Morgan fingerprint density at radius 3 is 2.56 bits per heavy atom. The van der Waals surface area contributed by atoms with Gasteiger partial charge in [0, 0.05) is 17.4 Å². The van der Waals surface area contributed by atoms with Crippen molar-refractivity contribution in [3.8, 4) is 11.3 Å². The van der Waals surface area contributed by atoms with E-state index in [0.717, 1.165) is 5.56 Å². The minimum absolute atomic E-state index is 0.0892. The standard InChI is InChI=1S/C20H16N4O3/c1-12-6-8-13(9-7-12)18-20(27)22-19-14-4-2-3-5-15(14)21-16(24(19)23-18)10-11-17(25)26/h2-9H,10-11H2,1H3,(H,25,26). The number of rotatable bonds is 4. The molecule has 0 aliphatic heterocycles. The summed E-state index contributed by atoms with van der Waals surface area (Å²) < 4.78 is 1.49. The number of aromatic nitrogens is 4. The first-order valence-corrected chi connectivity index (χ1v) is 8.50. The highest BCUT2D eigenvalue weighted by Crippen LogP contribution is 2.20. The fraction of sp³-hybridized carbons (Fsp3) is 0.150. The van der Waals surface area contributed by atoms with Crippen LogP contribution in [-0.4, -0.2) is 30.7 Å². The molecule has 0 aliphatic rings. The molecular weight excluding hydrogens is 344 g/mol. The zero-order valence-electron chi connectivity index (χ0n) is 14.6. The van der Waals surface area contributed by atoms with E-state index >= 15 is 0 Å². The molecule has 0 bridgehead atoms. The van der Waals surface area contributed by atoms with Gasteiger partial charge in [-0.25, -0.2) is 4.98 Å². The minimum atomic E-state index is -0.925. The molecule has 0 saturated carbocycles. The molecule has 0 amide bonds. The second-order valence-corrected chi connectivity index (χ2v) is 6.31. The molecule has 7 heteroatoms. The fourth-order valence-electron chi connectivity index (χ4n) is 2.96. The maximum absolute atomic E-state index is 12.6. The highest BCUT2D eigenvalue weighted by molar-refractivity contribution is 5.91. The molecule has 0 aliphatic carbocycles. The van der Waals surface area contributed by atoms with E-state index in [1.54, 1.807) is 6.07 Å². The first kappa shape index (κ1) is 16.8. The van der Waals surface area contributed by atoms with Crippen molar-refractivity contribution in [2.75, 3.05) is 0 Å². The highest BCUT2D eigenvalue weighted by Gasteiger charge is 2.15. The largest absolute Gasteiger partial charge is 0.481 e. The van der Waals surface area contributed by atoms with Crippen LogP contribution in [0.2, 0.25) is 0 Å². The highest BCUT2D eigenvalue weighted by atomic mass is 16.4. The summed E-state index contributed by atoms with van der Waals surface area (Å²) in [6, 6.07) is 14.7. The summed E-state index contributed by atoms with van der Waals surface area (Å²) in [5.74, 6) is -0.474. The Morgan fingerprint density at radius 2 is 1.81 bits per heavy atom. The zero-order chi connectivity index (χ0) is 19.0. The summed E-state index contributed by atoms with van der Waals surface area (Å²) in [7, 11) is 0. The van der Waals surface area contributed by atoms with Crippen molar-refractivity contribution in [3.05, 3.63) is 70.3 Å². The summed E-state index contributed by atoms with van der Waals surface area (Å²) in [6.07, 6.45) is 0.0929.